The molecule has 3 aromatic rings. The zero-order chi connectivity index (χ0) is 38.7. The number of amides is 5. The van der Waals surface area contributed by atoms with Crippen molar-refractivity contribution in [3.8, 4) is 11.8 Å². The Labute approximate surface area is 329 Å². The van der Waals surface area contributed by atoms with Crippen molar-refractivity contribution in [2.24, 2.45) is 5.92 Å². The lowest BCUT2D eigenvalue weighted by atomic mass is 9.95. The molecule has 3 unspecified atom stereocenters. The first-order valence-corrected chi connectivity index (χ1v) is 19.9. The van der Waals surface area contributed by atoms with Gasteiger partial charge in [0.05, 0.1) is 27.4 Å². The molecule has 3 aromatic carbocycles. The standard InChI is InChI=1S/C42H42ClN7O6/c43-34-20-31(11-6-27(34)21-44)56-32-18-29-9-10-30(19-32)49(29)40(53)26-4-7-28(8-5-26)47-16-14-46(15-17-47)22-25-23-48(24-25)35-3-1-2-33-38(35)42(55)50(41(33)54)36-12-13-37(51)45-39(36)52/h1-8,11,20,25,29-30,32,36H,9-10,12-19,22-24H2,(H,45,51,52). The van der Waals surface area contributed by atoms with Crippen LogP contribution in [0.4, 0.5) is 11.4 Å². The molecular weight excluding hydrogens is 734 g/mol. The fraction of sp³-hybridized carbons (Fsp3) is 0.429. The van der Waals surface area contributed by atoms with E-state index < -0.39 is 29.7 Å². The summed E-state index contributed by atoms with van der Waals surface area (Å²) in [6, 6.07) is 19.8. The third kappa shape index (κ3) is 6.54. The largest absolute Gasteiger partial charge is 0.490 e. The Morgan fingerprint density at radius 1 is 0.875 bits per heavy atom. The quantitative estimate of drug-likeness (QED) is 0.332. The minimum atomic E-state index is -0.981. The molecule has 6 heterocycles. The summed E-state index contributed by atoms with van der Waals surface area (Å²) >= 11 is 6.22. The van der Waals surface area contributed by atoms with Crippen molar-refractivity contribution < 1.29 is 28.7 Å². The van der Waals surface area contributed by atoms with E-state index in [1.165, 1.54) is 0 Å². The maximum Gasteiger partial charge on any atom is 0.264 e. The van der Waals surface area contributed by atoms with E-state index in [4.69, 9.17) is 21.6 Å². The summed E-state index contributed by atoms with van der Waals surface area (Å²) < 4.78 is 6.26. The average Bonchev–Trinajstić information content (AvgIpc) is 3.60. The van der Waals surface area contributed by atoms with Gasteiger partial charge >= 0.3 is 0 Å². The highest BCUT2D eigenvalue weighted by Crippen LogP contribution is 2.40. The molecule has 0 aromatic heterocycles. The molecule has 6 aliphatic heterocycles. The first-order valence-electron chi connectivity index (χ1n) is 19.5. The van der Waals surface area contributed by atoms with E-state index in [2.05, 4.69) is 43.1 Å². The minimum Gasteiger partial charge on any atom is -0.490 e. The number of imide groups is 2. The number of hydrogen-bond donors (Lipinski definition) is 1. The molecule has 5 saturated heterocycles. The molecule has 56 heavy (non-hydrogen) atoms. The number of piperidine rings is 2. The molecule has 2 bridgehead atoms. The van der Waals surface area contributed by atoms with Crippen molar-refractivity contribution in [3.63, 3.8) is 0 Å². The SMILES string of the molecule is N#Cc1ccc(OC2CC3CCC(C2)N3C(=O)c2ccc(N3CCN(CC4CN(c5cccc6c5C(=O)N(C5CCC(=O)NC5=O)C6=O)C4)CC3)cc2)cc1Cl. The highest BCUT2D eigenvalue weighted by atomic mass is 35.5. The summed E-state index contributed by atoms with van der Waals surface area (Å²) in [7, 11) is 0. The van der Waals surface area contributed by atoms with Crippen LogP contribution in [0.2, 0.25) is 5.02 Å². The molecule has 5 fully saturated rings. The van der Waals surface area contributed by atoms with Gasteiger partial charge in [0.1, 0.15) is 24.0 Å². The first kappa shape index (κ1) is 36.2. The second-order valence-corrected chi connectivity index (χ2v) is 16.2. The molecular formula is C42H42ClN7O6. The van der Waals surface area contributed by atoms with Crippen molar-refractivity contribution in [1.82, 2.24) is 20.0 Å². The monoisotopic (exact) mass is 775 g/mol. The number of nitrogens with one attached hydrogen (secondary N) is 1. The lowest BCUT2D eigenvalue weighted by molar-refractivity contribution is -0.136. The van der Waals surface area contributed by atoms with Crippen LogP contribution in [0.25, 0.3) is 0 Å². The zero-order valence-electron chi connectivity index (χ0n) is 30.9. The first-order chi connectivity index (χ1) is 27.1. The van der Waals surface area contributed by atoms with E-state index in [1.54, 1.807) is 30.3 Å². The molecule has 6 aliphatic rings. The summed E-state index contributed by atoms with van der Waals surface area (Å²) in [5.41, 5.74) is 3.60. The van der Waals surface area contributed by atoms with Crippen LogP contribution in [-0.2, 0) is 9.59 Å². The Kier molecular flexibility index (Phi) is 9.42. The molecule has 0 radical (unpaired) electrons. The third-order valence-electron chi connectivity index (χ3n) is 12.4. The summed E-state index contributed by atoms with van der Waals surface area (Å²) in [4.78, 5) is 74.8. The number of nitrogens with zero attached hydrogens (tertiary/aromatic N) is 6. The Hall–Kier alpha value is -5.45. The summed E-state index contributed by atoms with van der Waals surface area (Å²) in [6.45, 7) is 6.07. The van der Waals surface area contributed by atoms with E-state index in [1.807, 2.05) is 18.2 Å². The van der Waals surface area contributed by atoms with Gasteiger partial charge in [-0.25, -0.2) is 0 Å². The number of nitriles is 1. The number of anilines is 2. The number of ether oxygens (including phenoxy) is 1. The van der Waals surface area contributed by atoms with E-state index in [9.17, 15) is 24.0 Å². The zero-order valence-corrected chi connectivity index (χ0v) is 31.6. The van der Waals surface area contributed by atoms with Crippen LogP contribution in [0.1, 0.15) is 75.2 Å². The average molecular weight is 776 g/mol. The van der Waals surface area contributed by atoms with Crippen LogP contribution in [0.5, 0.6) is 5.75 Å². The van der Waals surface area contributed by atoms with Crippen molar-refractivity contribution >= 4 is 52.5 Å². The van der Waals surface area contributed by atoms with Gasteiger partial charge in [-0.3, -0.25) is 39.1 Å². The Balaban J connectivity index is 0.749. The molecule has 0 saturated carbocycles. The van der Waals surface area contributed by atoms with Crippen LogP contribution in [-0.4, -0.2) is 114 Å². The molecule has 13 nitrogen and oxygen atoms in total. The van der Waals surface area contributed by atoms with Gasteiger partial charge < -0.3 is 19.4 Å². The Morgan fingerprint density at radius 3 is 2.29 bits per heavy atom. The predicted molar refractivity (Wildman–Crippen MR) is 207 cm³/mol. The van der Waals surface area contributed by atoms with E-state index >= 15 is 0 Å². The molecule has 288 valence electrons. The maximum atomic E-state index is 13.8. The number of fused-ring (bicyclic) bond motifs is 3. The van der Waals surface area contributed by atoms with Crippen LogP contribution >= 0.6 is 11.6 Å². The molecule has 9 rings (SSSR count). The van der Waals surface area contributed by atoms with Crippen LogP contribution in [0.15, 0.2) is 60.7 Å². The summed E-state index contributed by atoms with van der Waals surface area (Å²) in [6.07, 6.45) is 3.67. The molecule has 1 N–H and O–H groups in total. The number of piperazine rings is 1. The highest BCUT2D eigenvalue weighted by Gasteiger charge is 2.47. The number of carbonyl (C=O) groups is 5. The lowest BCUT2D eigenvalue weighted by Gasteiger charge is -2.45. The number of rotatable bonds is 8. The van der Waals surface area contributed by atoms with Gasteiger partial charge in [-0.05, 0) is 67.8 Å². The highest BCUT2D eigenvalue weighted by molar-refractivity contribution is 6.31. The van der Waals surface area contributed by atoms with E-state index in [0.717, 1.165) is 87.8 Å². The Morgan fingerprint density at radius 2 is 1.61 bits per heavy atom. The number of halogens is 1. The van der Waals surface area contributed by atoms with Crippen molar-refractivity contribution in [2.75, 3.05) is 55.6 Å². The van der Waals surface area contributed by atoms with Crippen LogP contribution in [0, 0.1) is 17.2 Å². The van der Waals surface area contributed by atoms with Crippen molar-refractivity contribution in [1.29, 1.82) is 5.26 Å². The Bertz CT molecular complexity index is 2140. The van der Waals surface area contributed by atoms with Gasteiger partial charge in [-0.15, -0.1) is 0 Å². The van der Waals surface area contributed by atoms with Gasteiger partial charge in [-0.1, -0.05) is 17.7 Å². The normalized spacial score (nSPS) is 25.2. The predicted octanol–water partition coefficient (Wildman–Crippen LogP) is 4.09. The molecule has 14 heteroatoms. The smallest absolute Gasteiger partial charge is 0.264 e. The summed E-state index contributed by atoms with van der Waals surface area (Å²) in [5.74, 6) is -0.818. The van der Waals surface area contributed by atoms with E-state index in [-0.39, 0.29) is 36.9 Å². The second-order valence-electron chi connectivity index (χ2n) is 15.8. The number of benzene rings is 3. The van der Waals surface area contributed by atoms with Crippen LogP contribution < -0.4 is 19.9 Å². The van der Waals surface area contributed by atoms with Gasteiger partial charge in [0.15, 0.2) is 0 Å². The number of hydrogen-bond acceptors (Lipinski definition) is 10. The number of carbonyl (C=O) groups excluding carboxylic acids is 5. The van der Waals surface area contributed by atoms with E-state index in [0.29, 0.717) is 38.9 Å². The molecule has 0 spiro atoms. The maximum absolute atomic E-state index is 13.8. The van der Waals surface area contributed by atoms with Crippen molar-refractivity contribution in [3.05, 3.63) is 87.9 Å². The second kappa shape index (κ2) is 14.6. The minimum absolute atomic E-state index is 0.00747. The lowest BCUT2D eigenvalue weighted by Crippen LogP contribution is -2.55. The third-order valence-corrected chi connectivity index (χ3v) is 12.7. The molecule has 3 atom stereocenters. The van der Waals surface area contributed by atoms with Crippen LogP contribution in [0.3, 0.4) is 0 Å². The summed E-state index contributed by atoms with van der Waals surface area (Å²) in [5, 5.41) is 11.8. The van der Waals surface area contributed by atoms with Gasteiger partial charge in [0, 0.05) is 100 Å². The van der Waals surface area contributed by atoms with Gasteiger partial charge in [-0.2, -0.15) is 5.26 Å². The fourth-order valence-corrected chi connectivity index (χ4v) is 9.78. The fourth-order valence-electron chi connectivity index (χ4n) is 9.57. The molecule has 0 aliphatic carbocycles. The molecule has 5 amide bonds. The van der Waals surface area contributed by atoms with Gasteiger partial charge in [0.2, 0.25) is 11.8 Å². The van der Waals surface area contributed by atoms with Gasteiger partial charge in [0.25, 0.3) is 17.7 Å². The topological polar surface area (TPSA) is 147 Å². The van der Waals surface area contributed by atoms with Crippen molar-refractivity contribution in [2.45, 2.75) is 62.8 Å².